The fourth-order valence-corrected chi connectivity index (χ4v) is 3.02. The minimum absolute atomic E-state index is 0.00955. The van der Waals surface area contributed by atoms with Gasteiger partial charge in [-0.3, -0.25) is 14.2 Å². The molecule has 0 aliphatic carbocycles. The highest BCUT2D eigenvalue weighted by molar-refractivity contribution is 6.11. The van der Waals surface area contributed by atoms with Crippen molar-refractivity contribution in [1.82, 2.24) is 4.57 Å². The number of hydrogen-bond donors (Lipinski definition) is 1. The highest BCUT2D eigenvalue weighted by atomic mass is 16.3. The van der Waals surface area contributed by atoms with Crippen molar-refractivity contribution >= 4 is 5.78 Å². The molecule has 0 spiro atoms. The zero-order valence-electron chi connectivity index (χ0n) is 16.8. The first kappa shape index (κ1) is 20.4. The third kappa shape index (κ3) is 3.95. The zero-order valence-corrected chi connectivity index (χ0v) is 16.8. The summed E-state index contributed by atoms with van der Waals surface area (Å²) in [6.07, 6.45) is 0. The van der Waals surface area contributed by atoms with E-state index in [1.165, 1.54) is 6.92 Å². The topological polar surface area (TPSA) is 83.1 Å². The van der Waals surface area contributed by atoms with Crippen LogP contribution in [0.3, 0.4) is 0 Å². The molecule has 5 heteroatoms. The Balaban J connectivity index is 2.65. The van der Waals surface area contributed by atoms with Crippen molar-refractivity contribution < 1.29 is 9.90 Å². The second-order valence-corrected chi connectivity index (χ2v) is 8.28. The predicted octanol–water partition coefficient (Wildman–Crippen LogP) is 3.92. The highest BCUT2D eigenvalue weighted by Crippen LogP contribution is 2.27. The summed E-state index contributed by atoms with van der Waals surface area (Å²) in [7, 11) is 0. The standard InChI is InChI=1S/C22H26N2O3/c1-13(2)12-24-20(26)17(11-23)14(3)18(21(24)27)19(25)15-7-9-16(10-8-15)22(4,5)6/h7-10,13,27H,12H2,1-6H3. The molecule has 2 rings (SSSR count). The minimum atomic E-state index is -0.569. The highest BCUT2D eigenvalue weighted by Gasteiger charge is 2.25. The van der Waals surface area contributed by atoms with Crippen LogP contribution in [-0.4, -0.2) is 15.5 Å². The van der Waals surface area contributed by atoms with Gasteiger partial charge in [0.05, 0.1) is 5.56 Å². The molecule has 0 unspecified atom stereocenters. The molecule has 1 aromatic carbocycles. The number of ketones is 1. The Morgan fingerprint density at radius 2 is 1.78 bits per heavy atom. The van der Waals surface area contributed by atoms with Crippen LogP contribution >= 0.6 is 0 Å². The Bertz CT molecular complexity index is 969. The smallest absolute Gasteiger partial charge is 0.271 e. The summed E-state index contributed by atoms with van der Waals surface area (Å²) in [4.78, 5) is 25.6. The molecule has 1 N–H and O–H groups in total. The van der Waals surface area contributed by atoms with Crippen LogP contribution in [0.2, 0.25) is 0 Å². The van der Waals surface area contributed by atoms with Crippen molar-refractivity contribution in [2.45, 2.75) is 53.5 Å². The first-order valence-electron chi connectivity index (χ1n) is 9.00. The molecule has 2 aromatic rings. The van der Waals surface area contributed by atoms with Crippen LogP contribution in [0.5, 0.6) is 5.88 Å². The molecule has 1 heterocycles. The number of benzene rings is 1. The van der Waals surface area contributed by atoms with Gasteiger partial charge in [-0.25, -0.2) is 0 Å². The van der Waals surface area contributed by atoms with Gasteiger partial charge in [-0.15, -0.1) is 0 Å². The minimum Gasteiger partial charge on any atom is -0.494 e. The first-order chi connectivity index (χ1) is 12.5. The Morgan fingerprint density at radius 1 is 1.22 bits per heavy atom. The number of carbonyl (C=O) groups excluding carboxylic acids is 1. The number of carbonyl (C=O) groups is 1. The van der Waals surface area contributed by atoms with Gasteiger partial charge in [-0.05, 0) is 29.4 Å². The van der Waals surface area contributed by atoms with E-state index in [4.69, 9.17) is 0 Å². The molecule has 0 aliphatic rings. The maximum atomic E-state index is 13.1. The average Bonchev–Trinajstić information content (AvgIpc) is 2.58. The van der Waals surface area contributed by atoms with E-state index in [1.54, 1.807) is 12.1 Å². The normalized spacial score (nSPS) is 11.5. The lowest BCUT2D eigenvalue weighted by Gasteiger charge is -2.19. The zero-order chi connectivity index (χ0) is 20.5. The van der Waals surface area contributed by atoms with E-state index in [1.807, 2.05) is 32.0 Å². The summed E-state index contributed by atoms with van der Waals surface area (Å²) in [6, 6.07) is 9.08. The second kappa shape index (κ2) is 7.40. The third-order valence-corrected chi connectivity index (χ3v) is 4.59. The molecule has 0 atom stereocenters. The Kier molecular flexibility index (Phi) is 5.60. The van der Waals surface area contributed by atoms with Gasteiger partial charge in [0, 0.05) is 12.1 Å². The van der Waals surface area contributed by atoms with Crippen LogP contribution in [0.15, 0.2) is 29.1 Å². The van der Waals surface area contributed by atoms with Crippen LogP contribution < -0.4 is 5.56 Å². The number of pyridine rings is 1. The maximum Gasteiger partial charge on any atom is 0.271 e. The molecule has 0 saturated carbocycles. The number of nitriles is 1. The molecule has 1 aromatic heterocycles. The maximum absolute atomic E-state index is 13.1. The van der Waals surface area contributed by atoms with Crippen LogP contribution in [0.4, 0.5) is 0 Å². The lowest BCUT2D eigenvalue weighted by Crippen LogP contribution is -2.28. The second-order valence-electron chi connectivity index (χ2n) is 8.28. The number of aromatic nitrogens is 1. The van der Waals surface area contributed by atoms with Crippen molar-refractivity contribution in [3.8, 4) is 11.9 Å². The van der Waals surface area contributed by atoms with Crippen molar-refractivity contribution in [1.29, 1.82) is 5.26 Å². The fourth-order valence-electron chi connectivity index (χ4n) is 3.02. The van der Waals surface area contributed by atoms with Gasteiger partial charge in [0.25, 0.3) is 5.56 Å². The van der Waals surface area contributed by atoms with Crippen molar-refractivity contribution in [3.05, 3.63) is 62.4 Å². The summed E-state index contributed by atoms with van der Waals surface area (Å²) >= 11 is 0. The number of nitrogens with zero attached hydrogens (tertiary/aromatic N) is 2. The molecule has 0 radical (unpaired) electrons. The van der Waals surface area contributed by atoms with Crippen LogP contribution in [0.1, 0.15) is 67.2 Å². The molecule has 0 bridgehead atoms. The molecule has 0 aliphatic heterocycles. The number of aromatic hydroxyl groups is 1. The van der Waals surface area contributed by atoms with Gasteiger partial charge in [0.2, 0.25) is 5.88 Å². The van der Waals surface area contributed by atoms with Gasteiger partial charge >= 0.3 is 0 Å². The third-order valence-electron chi connectivity index (χ3n) is 4.59. The average molecular weight is 366 g/mol. The van der Waals surface area contributed by atoms with Crippen molar-refractivity contribution in [2.75, 3.05) is 0 Å². The molecule has 0 saturated heterocycles. The lowest BCUT2D eigenvalue weighted by molar-refractivity contribution is 0.103. The van der Waals surface area contributed by atoms with Gasteiger partial charge in [-0.1, -0.05) is 58.9 Å². The monoisotopic (exact) mass is 366 g/mol. The summed E-state index contributed by atoms with van der Waals surface area (Å²) in [6.45, 7) is 11.8. The predicted molar refractivity (Wildman–Crippen MR) is 105 cm³/mol. The SMILES string of the molecule is Cc1c(C(=O)c2ccc(C(C)(C)C)cc2)c(O)n(CC(C)C)c(=O)c1C#N. The van der Waals surface area contributed by atoms with E-state index in [0.717, 1.165) is 10.1 Å². The molecule has 27 heavy (non-hydrogen) atoms. The van der Waals surface area contributed by atoms with E-state index < -0.39 is 11.3 Å². The molecule has 0 fully saturated rings. The number of hydrogen-bond acceptors (Lipinski definition) is 4. The molecule has 0 amide bonds. The quantitative estimate of drug-likeness (QED) is 0.831. The largest absolute Gasteiger partial charge is 0.494 e. The molecular weight excluding hydrogens is 340 g/mol. The van der Waals surface area contributed by atoms with Gasteiger partial charge < -0.3 is 5.11 Å². The van der Waals surface area contributed by atoms with Crippen LogP contribution in [0, 0.1) is 24.2 Å². The van der Waals surface area contributed by atoms with Crippen molar-refractivity contribution in [2.24, 2.45) is 5.92 Å². The Labute approximate surface area is 159 Å². The Morgan fingerprint density at radius 3 is 2.22 bits per heavy atom. The van der Waals surface area contributed by atoms with Crippen LogP contribution in [0.25, 0.3) is 0 Å². The van der Waals surface area contributed by atoms with E-state index in [2.05, 4.69) is 20.8 Å². The van der Waals surface area contributed by atoms with Crippen LogP contribution in [-0.2, 0) is 12.0 Å². The first-order valence-corrected chi connectivity index (χ1v) is 9.00. The van der Waals surface area contributed by atoms with Crippen molar-refractivity contribution in [3.63, 3.8) is 0 Å². The summed E-state index contributed by atoms with van der Waals surface area (Å²) in [5.41, 5.74) is 0.990. The summed E-state index contributed by atoms with van der Waals surface area (Å²) < 4.78 is 1.12. The summed E-state index contributed by atoms with van der Waals surface area (Å²) in [5.74, 6) is -0.716. The van der Waals surface area contributed by atoms with E-state index >= 15 is 0 Å². The number of rotatable bonds is 4. The van der Waals surface area contributed by atoms with E-state index in [-0.39, 0.29) is 40.4 Å². The molecule has 5 nitrogen and oxygen atoms in total. The van der Waals surface area contributed by atoms with Gasteiger partial charge in [-0.2, -0.15) is 5.26 Å². The van der Waals surface area contributed by atoms with Gasteiger partial charge in [0.15, 0.2) is 5.78 Å². The molecular formula is C22H26N2O3. The molecule has 142 valence electrons. The van der Waals surface area contributed by atoms with E-state index in [0.29, 0.717) is 5.56 Å². The van der Waals surface area contributed by atoms with Gasteiger partial charge in [0.1, 0.15) is 11.6 Å². The lowest BCUT2D eigenvalue weighted by atomic mass is 9.86. The fraction of sp³-hybridized carbons (Fsp3) is 0.409. The van der Waals surface area contributed by atoms with E-state index in [9.17, 15) is 20.0 Å². The summed E-state index contributed by atoms with van der Waals surface area (Å²) in [5, 5.41) is 20.1. The Hall–Kier alpha value is -2.87.